The Balaban J connectivity index is 2.02. The van der Waals surface area contributed by atoms with Crippen molar-refractivity contribution in [3.8, 4) is 0 Å². The molecule has 1 aromatic heterocycles. The molecule has 8 nitrogen and oxygen atoms in total. The molecule has 1 fully saturated rings. The molecule has 0 radical (unpaired) electrons. The molecule has 1 atom stereocenters. The number of ether oxygens (including phenoxy) is 1. The van der Waals surface area contributed by atoms with E-state index in [-0.39, 0.29) is 17.5 Å². The Labute approximate surface area is 123 Å². The quantitative estimate of drug-likeness (QED) is 0.824. The molecule has 1 aliphatic rings. The van der Waals surface area contributed by atoms with Crippen LogP contribution in [-0.2, 0) is 14.8 Å². The van der Waals surface area contributed by atoms with Gasteiger partial charge in [0.1, 0.15) is 11.0 Å². The van der Waals surface area contributed by atoms with Crippen LogP contribution in [0.2, 0.25) is 0 Å². The Hall–Kier alpha value is -1.61. The molecule has 1 saturated heterocycles. The lowest BCUT2D eigenvalue weighted by atomic mass is 10.3. The minimum absolute atomic E-state index is 0.0254. The van der Waals surface area contributed by atoms with E-state index in [2.05, 4.69) is 14.9 Å². The van der Waals surface area contributed by atoms with E-state index in [9.17, 15) is 13.2 Å². The van der Waals surface area contributed by atoms with Gasteiger partial charge in [0, 0.05) is 12.6 Å². The average molecular weight is 316 g/mol. The van der Waals surface area contributed by atoms with Crippen LogP contribution in [0.4, 0.5) is 4.79 Å². The number of cyclic esters (lactones) is 1. The zero-order valence-electron chi connectivity index (χ0n) is 12.5. The van der Waals surface area contributed by atoms with Crippen LogP contribution in [0.25, 0.3) is 0 Å². The predicted octanol–water partition coefficient (Wildman–Crippen LogP) is 0.534. The molecule has 0 aromatic carbocycles. The number of aryl methyl sites for hydroxylation is 2. The number of rotatable bonds is 5. The molecular formula is C12H20N4O4S. The van der Waals surface area contributed by atoms with Crippen LogP contribution in [0.1, 0.15) is 25.2 Å². The molecule has 2 heterocycles. The second kappa shape index (κ2) is 5.64. The maximum absolute atomic E-state index is 12.3. The minimum atomic E-state index is -3.67. The number of aromatic nitrogens is 2. The van der Waals surface area contributed by atoms with Gasteiger partial charge in [-0.1, -0.05) is 0 Å². The highest BCUT2D eigenvalue weighted by molar-refractivity contribution is 7.89. The SMILES string of the molecule is Cc1n[nH]c(C)c1S(=O)(=O)NCC1CN(C(C)C)C(=O)O1. The first-order valence-electron chi connectivity index (χ1n) is 6.71. The van der Waals surface area contributed by atoms with Gasteiger partial charge in [0.25, 0.3) is 0 Å². The third-order valence-corrected chi connectivity index (χ3v) is 5.04. The third kappa shape index (κ3) is 3.18. The second-order valence-corrected chi connectivity index (χ2v) is 7.07. The molecule has 0 aliphatic carbocycles. The molecule has 1 aliphatic heterocycles. The summed E-state index contributed by atoms with van der Waals surface area (Å²) in [6.07, 6.45) is -0.896. The molecule has 2 N–H and O–H groups in total. The van der Waals surface area contributed by atoms with E-state index < -0.39 is 22.2 Å². The van der Waals surface area contributed by atoms with Crippen molar-refractivity contribution in [1.29, 1.82) is 0 Å². The van der Waals surface area contributed by atoms with Crippen LogP contribution >= 0.6 is 0 Å². The summed E-state index contributed by atoms with van der Waals surface area (Å²) in [5.41, 5.74) is 0.888. The van der Waals surface area contributed by atoms with Crippen LogP contribution in [0.15, 0.2) is 4.90 Å². The van der Waals surface area contributed by atoms with Gasteiger partial charge >= 0.3 is 6.09 Å². The normalized spacial score (nSPS) is 19.4. The lowest BCUT2D eigenvalue weighted by molar-refractivity contribution is 0.130. The smallest absolute Gasteiger partial charge is 0.410 e. The summed E-state index contributed by atoms with van der Waals surface area (Å²) >= 11 is 0. The molecule has 21 heavy (non-hydrogen) atoms. The summed E-state index contributed by atoms with van der Waals surface area (Å²) in [5, 5.41) is 6.51. The van der Waals surface area contributed by atoms with E-state index in [1.165, 1.54) is 0 Å². The number of nitrogens with one attached hydrogen (secondary N) is 2. The molecule has 9 heteroatoms. The number of H-pyrrole nitrogens is 1. The van der Waals surface area contributed by atoms with Gasteiger partial charge in [0.15, 0.2) is 0 Å². The maximum Gasteiger partial charge on any atom is 0.410 e. The van der Waals surface area contributed by atoms with Gasteiger partial charge < -0.3 is 9.64 Å². The van der Waals surface area contributed by atoms with Crippen molar-refractivity contribution >= 4 is 16.1 Å². The van der Waals surface area contributed by atoms with E-state index in [1.54, 1.807) is 18.7 Å². The predicted molar refractivity (Wildman–Crippen MR) is 75.4 cm³/mol. The largest absolute Gasteiger partial charge is 0.443 e. The monoisotopic (exact) mass is 316 g/mol. The molecule has 0 spiro atoms. The zero-order valence-corrected chi connectivity index (χ0v) is 13.3. The van der Waals surface area contributed by atoms with Gasteiger partial charge in [0.05, 0.1) is 17.9 Å². The standard InChI is InChI=1S/C12H20N4O4S/c1-7(2)16-6-10(20-12(16)17)5-13-21(18,19)11-8(3)14-15-9(11)4/h7,10,13H,5-6H2,1-4H3,(H,14,15). The summed E-state index contributed by atoms with van der Waals surface area (Å²) in [7, 11) is -3.67. The van der Waals surface area contributed by atoms with Crippen molar-refractivity contribution < 1.29 is 17.9 Å². The van der Waals surface area contributed by atoms with Crippen LogP contribution in [-0.4, -0.2) is 54.8 Å². The van der Waals surface area contributed by atoms with Crippen molar-refractivity contribution in [1.82, 2.24) is 19.8 Å². The van der Waals surface area contributed by atoms with E-state index in [4.69, 9.17) is 4.74 Å². The first-order chi connectivity index (χ1) is 9.72. The fourth-order valence-corrected chi connectivity index (χ4v) is 3.71. The Kier molecular flexibility index (Phi) is 4.24. The second-order valence-electron chi connectivity index (χ2n) is 5.37. The van der Waals surface area contributed by atoms with E-state index in [1.807, 2.05) is 13.8 Å². The highest BCUT2D eigenvalue weighted by Crippen LogP contribution is 2.18. The number of hydrogen-bond donors (Lipinski definition) is 2. The minimum Gasteiger partial charge on any atom is -0.443 e. The third-order valence-electron chi connectivity index (χ3n) is 3.36. The van der Waals surface area contributed by atoms with Gasteiger partial charge in [0.2, 0.25) is 10.0 Å². The number of hydrogen-bond acceptors (Lipinski definition) is 5. The van der Waals surface area contributed by atoms with Crippen LogP contribution in [0.3, 0.4) is 0 Å². The van der Waals surface area contributed by atoms with Crippen molar-refractivity contribution in [2.45, 2.75) is 44.7 Å². The van der Waals surface area contributed by atoms with Crippen molar-refractivity contribution in [3.05, 3.63) is 11.4 Å². The lowest BCUT2D eigenvalue weighted by Crippen LogP contribution is -2.36. The van der Waals surface area contributed by atoms with E-state index in [0.717, 1.165) is 0 Å². The molecule has 1 unspecified atom stereocenters. The van der Waals surface area contributed by atoms with Crippen LogP contribution in [0.5, 0.6) is 0 Å². The molecule has 0 bridgehead atoms. The first kappa shape index (κ1) is 15.8. The van der Waals surface area contributed by atoms with Crippen LogP contribution in [0, 0.1) is 13.8 Å². The Morgan fingerprint density at radius 1 is 1.48 bits per heavy atom. The molecule has 2 rings (SSSR count). The summed E-state index contributed by atoms with van der Waals surface area (Å²) in [5.74, 6) is 0. The molecule has 118 valence electrons. The van der Waals surface area contributed by atoms with Crippen molar-refractivity contribution in [2.75, 3.05) is 13.1 Å². The van der Waals surface area contributed by atoms with Gasteiger partial charge in [-0.3, -0.25) is 5.10 Å². The Morgan fingerprint density at radius 3 is 2.62 bits per heavy atom. The highest BCUT2D eigenvalue weighted by Gasteiger charge is 2.34. The summed E-state index contributed by atoms with van der Waals surface area (Å²) in [4.78, 5) is 13.3. The van der Waals surface area contributed by atoms with E-state index in [0.29, 0.717) is 17.9 Å². The van der Waals surface area contributed by atoms with Crippen molar-refractivity contribution in [3.63, 3.8) is 0 Å². The molecule has 1 amide bonds. The summed E-state index contributed by atoms with van der Waals surface area (Å²) < 4.78 is 32.1. The average Bonchev–Trinajstić information content (AvgIpc) is 2.91. The zero-order chi connectivity index (χ0) is 15.8. The van der Waals surface area contributed by atoms with Gasteiger partial charge in [-0.2, -0.15) is 5.10 Å². The molecular weight excluding hydrogens is 296 g/mol. The number of nitrogens with zero attached hydrogens (tertiary/aromatic N) is 2. The Bertz CT molecular complexity index is 618. The van der Waals surface area contributed by atoms with Gasteiger partial charge in [-0.05, 0) is 27.7 Å². The number of carbonyl (C=O) groups excluding carboxylic acids is 1. The number of amides is 1. The van der Waals surface area contributed by atoms with Gasteiger partial charge in [-0.25, -0.2) is 17.9 Å². The maximum atomic E-state index is 12.3. The van der Waals surface area contributed by atoms with Gasteiger partial charge in [-0.15, -0.1) is 0 Å². The first-order valence-corrected chi connectivity index (χ1v) is 8.19. The fourth-order valence-electron chi connectivity index (χ4n) is 2.28. The lowest BCUT2D eigenvalue weighted by Gasteiger charge is -2.16. The number of carbonyl (C=O) groups is 1. The topological polar surface area (TPSA) is 104 Å². The van der Waals surface area contributed by atoms with E-state index >= 15 is 0 Å². The Morgan fingerprint density at radius 2 is 2.14 bits per heavy atom. The highest BCUT2D eigenvalue weighted by atomic mass is 32.2. The summed E-state index contributed by atoms with van der Waals surface area (Å²) in [6.45, 7) is 7.44. The summed E-state index contributed by atoms with van der Waals surface area (Å²) in [6, 6.07) is 0.0254. The number of aromatic amines is 1. The van der Waals surface area contributed by atoms with Crippen molar-refractivity contribution in [2.24, 2.45) is 0 Å². The fraction of sp³-hybridized carbons (Fsp3) is 0.667. The molecule has 1 aromatic rings. The number of sulfonamides is 1. The molecule has 0 saturated carbocycles. The van der Waals surface area contributed by atoms with Crippen LogP contribution < -0.4 is 4.72 Å².